The Bertz CT molecular complexity index is 861. The van der Waals surface area contributed by atoms with E-state index in [-0.39, 0.29) is 16.3 Å². The molecule has 0 radical (unpaired) electrons. The lowest BCUT2D eigenvalue weighted by atomic mass is 10.2. The maximum atomic E-state index is 13.2. The lowest BCUT2D eigenvalue weighted by molar-refractivity contribution is -0.387. The molecular weight excluding hydrogens is 376 g/mol. The van der Waals surface area contributed by atoms with Crippen molar-refractivity contribution in [1.82, 2.24) is 5.32 Å². The second-order valence-electron chi connectivity index (χ2n) is 4.78. The molecule has 2 aromatic rings. The fraction of sp³-hybridized carbons (Fsp3) is 0.0667. The molecule has 2 N–H and O–H groups in total. The monoisotopic (exact) mass is 385 g/mol. The number of halogens is 3. The lowest BCUT2D eigenvalue weighted by Gasteiger charge is -2.09. The molecule has 2 amide bonds. The van der Waals surface area contributed by atoms with E-state index in [0.717, 1.165) is 18.2 Å². The number of nitrogens with one attached hydrogen (secondary N) is 2. The van der Waals surface area contributed by atoms with Crippen LogP contribution in [-0.2, 0) is 4.79 Å². The van der Waals surface area contributed by atoms with Crippen LogP contribution in [0.15, 0.2) is 36.4 Å². The molecule has 0 heterocycles. The van der Waals surface area contributed by atoms with Gasteiger partial charge in [0.2, 0.25) is 11.7 Å². The minimum Gasteiger partial charge on any atom is -0.343 e. The maximum absolute atomic E-state index is 13.2. The van der Waals surface area contributed by atoms with Crippen LogP contribution in [-0.4, -0.2) is 23.3 Å². The van der Waals surface area contributed by atoms with E-state index in [9.17, 15) is 24.1 Å². The molecule has 2 aromatic carbocycles. The van der Waals surface area contributed by atoms with Crippen LogP contribution in [0.25, 0.3) is 0 Å². The summed E-state index contributed by atoms with van der Waals surface area (Å²) in [7, 11) is 0. The first-order chi connectivity index (χ1) is 11.8. The van der Waals surface area contributed by atoms with E-state index in [0.29, 0.717) is 5.02 Å². The second-order valence-corrected chi connectivity index (χ2v) is 5.62. The number of nitro benzene ring substituents is 1. The largest absolute Gasteiger partial charge is 0.343 e. The van der Waals surface area contributed by atoms with Crippen LogP contribution in [0.3, 0.4) is 0 Å². The lowest BCUT2D eigenvalue weighted by Crippen LogP contribution is -2.33. The van der Waals surface area contributed by atoms with E-state index in [1.807, 2.05) is 0 Å². The molecule has 25 heavy (non-hydrogen) atoms. The molecule has 7 nitrogen and oxygen atoms in total. The third-order valence-electron chi connectivity index (χ3n) is 3.02. The number of anilines is 1. The second kappa shape index (κ2) is 7.91. The molecule has 0 unspecified atom stereocenters. The molecular formula is C15H10Cl2FN3O4. The molecule has 0 aliphatic heterocycles. The quantitative estimate of drug-likeness (QED) is 0.607. The first-order valence-electron chi connectivity index (χ1n) is 6.75. The van der Waals surface area contributed by atoms with Crippen molar-refractivity contribution in [3.8, 4) is 0 Å². The highest BCUT2D eigenvalue weighted by Crippen LogP contribution is 2.25. The number of carbonyl (C=O) groups excluding carboxylic acids is 2. The van der Waals surface area contributed by atoms with E-state index in [4.69, 9.17) is 23.2 Å². The van der Waals surface area contributed by atoms with Crippen molar-refractivity contribution in [1.29, 1.82) is 0 Å². The van der Waals surface area contributed by atoms with Gasteiger partial charge in [-0.2, -0.15) is 4.39 Å². The normalized spacial score (nSPS) is 10.2. The summed E-state index contributed by atoms with van der Waals surface area (Å²) in [5, 5.41) is 16.0. The van der Waals surface area contributed by atoms with Gasteiger partial charge in [0, 0.05) is 16.7 Å². The Hall–Kier alpha value is -2.71. The van der Waals surface area contributed by atoms with Crippen molar-refractivity contribution in [3.05, 3.63) is 67.9 Å². The van der Waals surface area contributed by atoms with Crippen LogP contribution in [0.1, 0.15) is 10.4 Å². The summed E-state index contributed by atoms with van der Waals surface area (Å²) >= 11 is 11.7. The van der Waals surface area contributed by atoms with Crippen molar-refractivity contribution in [3.63, 3.8) is 0 Å². The first-order valence-corrected chi connectivity index (χ1v) is 7.50. The highest BCUT2D eigenvalue weighted by molar-refractivity contribution is 6.35. The van der Waals surface area contributed by atoms with Crippen molar-refractivity contribution in [2.24, 2.45) is 0 Å². The number of carbonyl (C=O) groups is 2. The Labute approximate surface area is 150 Å². The Morgan fingerprint density at radius 1 is 1.16 bits per heavy atom. The van der Waals surface area contributed by atoms with Crippen LogP contribution in [0.4, 0.5) is 15.8 Å². The standard InChI is InChI=1S/C15H10Cl2FN3O4/c16-9-2-3-10(17)12(6-9)20-14(22)7-19-15(23)8-1-4-11(18)13(5-8)21(24)25/h1-6H,7H2,(H,19,23)(H,20,22). The number of benzene rings is 2. The Balaban J connectivity index is 2.00. The maximum Gasteiger partial charge on any atom is 0.305 e. The molecule has 10 heteroatoms. The van der Waals surface area contributed by atoms with Crippen LogP contribution in [0, 0.1) is 15.9 Å². The zero-order chi connectivity index (χ0) is 18.6. The van der Waals surface area contributed by atoms with Gasteiger partial charge in [-0.05, 0) is 30.3 Å². The highest BCUT2D eigenvalue weighted by Gasteiger charge is 2.18. The number of rotatable bonds is 5. The number of amides is 2. The Morgan fingerprint density at radius 3 is 2.56 bits per heavy atom. The Morgan fingerprint density at radius 2 is 1.88 bits per heavy atom. The van der Waals surface area contributed by atoms with Gasteiger partial charge >= 0.3 is 5.69 Å². The van der Waals surface area contributed by atoms with E-state index in [2.05, 4.69) is 10.6 Å². The molecule has 0 saturated carbocycles. The molecule has 0 saturated heterocycles. The summed E-state index contributed by atoms with van der Waals surface area (Å²) in [5.41, 5.74) is -0.713. The average Bonchev–Trinajstić information content (AvgIpc) is 2.56. The fourth-order valence-electron chi connectivity index (χ4n) is 1.84. The zero-order valence-corrected chi connectivity index (χ0v) is 13.9. The summed E-state index contributed by atoms with van der Waals surface area (Å²) in [6.07, 6.45) is 0. The van der Waals surface area contributed by atoms with Crippen molar-refractivity contribution >= 4 is 46.4 Å². The molecule has 0 aromatic heterocycles. The van der Waals surface area contributed by atoms with Crippen LogP contribution in [0.2, 0.25) is 10.0 Å². The van der Waals surface area contributed by atoms with Gasteiger partial charge < -0.3 is 10.6 Å². The van der Waals surface area contributed by atoms with E-state index < -0.39 is 34.8 Å². The number of nitro groups is 1. The van der Waals surface area contributed by atoms with Crippen molar-refractivity contribution in [2.75, 3.05) is 11.9 Å². The third kappa shape index (κ3) is 4.88. The van der Waals surface area contributed by atoms with E-state index >= 15 is 0 Å². The van der Waals surface area contributed by atoms with Gasteiger partial charge in [0.05, 0.1) is 22.2 Å². The Kier molecular flexibility index (Phi) is 5.89. The average molecular weight is 386 g/mol. The molecule has 130 valence electrons. The summed E-state index contributed by atoms with van der Waals surface area (Å²) < 4.78 is 13.2. The number of hydrogen-bond acceptors (Lipinski definition) is 4. The predicted molar refractivity (Wildman–Crippen MR) is 90.5 cm³/mol. The highest BCUT2D eigenvalue weighted by atomic mass is 35.5. The van der Waals surface area contributed by atoms with Crippen LogP contribution < -0.4 is 10.6 Å². The SMILES string of the molecule is O=C(CNC(=O)c1ccc(F)c([N+](=O)[O-])c1)Nc1cc(Cl)ccc1Cl. The molecule has 0 bridgehead atoms. The summed E-state index contributed by atoms with van der Waals surface area (Å²) in [5.74, 6) is -2.42. The van der Waals surface area contributed by atoms with Crippen molar-refractivity contribution in [2.45, 2.75) is 0 Å². The van der Waals surface area contributed by atoms with Gasteiger partial charge in [-0.3, -0.25) is 19.7 Å². The van der Waals surface area contributed by atoms with Crippen LogP contribution >= 0.6 is 23.2 Å². The zero-order valence-electron chi connectivity index (χ0n) is 12.4. The third-order valence-corrected chi connectivity index (χ3v) is 3.58. The summed E-state index contributed by atoms with van der Waals surface area (Å²) in [6.45, 7) is -0.424. The van der Waals surface area contributed by atoms with Gasteiger partial charge in [-0.25, -0.2) is 0 Å². The molecule has 0 spiro atoms. The summed E-state index contributed by atoms with van der Waals surface area (Å²) in [6, 6.07) is 7.14. The first kappa shape index (κ1) is 18.6. The van der Waals surface area contributed by atoms with Gasteiger partial charge in [-0.15, -0.1) is 0 Å². The molecule has 0 aliphatic carbocycles. The fourth-order valence-corrected chi connectivity index (χ4v) is 2.18. The van der Waals surface area contributed by atoms with Gasteiger partial charge in [0.1, 0.15) is 0 Å². The van der Waals surface area contributed by atoms with Crippen LogP contribution in [0.5, 0.6) is 0 Å². The predicted octanol–water partition coefficient (Wildman–Crippen LogP) is 3.41. The van der Waals surface area contributed by atoms with Crippen molar-refractivity contribution < 1.29 is 18.9 Å². The smallest absolute Gasteiger partial charge is 0.305 e. The molecule has 0 fully saturated rings. The van der Waals surface area contributed by atoms with E-state index in [1.165, 1.54) is 12.1 Å². The van der Waals surface area contributed by atoms with Gasteiger partial charge in [0.15, 0.2) is 0 Å². The van der Waals surface area contributed by atoms with Gasteiger partial charge in [-0.1, -0.05) is 23.2 Å². The minimum atomic E-state index is -1.06. The van der Waals surface area contributed by atoms with Gasteiger partial charge in [0.25, 0.3) is 5.91 Å². The topological polar surface area (TPSA) is 101 Å². The number of nitrogens with zero attached hydrogens (tertiary/aromatic N) is 1. The molecule has 0 aliphatic rings. The molecule has 2 rings (SSSR count). The van der Waals surface area contributed by atoms with E-state index in [1.54, 1.807) is 6.07 Å². The summed E-state index contributed by atoms with van der Waals surface area (Å²) in [4.78, 5) is 33.5. The molecule has 0 atom stereocenters. The number of hydrogen-bond donors (Lipinski definition) is 2. The minimum absolute atomic E-state index is 0.151.